The van der Waals surface area contributed by atoms with Gasteiger partial charge in [0.1, 0.15) is 6.54 Å². The van der Waals surface area contributed by atoms with Crippen LogP contribution in [0.2, 0.25) is 0 Å². The van der Waals surface area contributed by atoms with E-state index >= 15 is 0 Å². The van der Waals surface area contributed by atoms with Crippen LogP contribution in [0.5, 0.6) is 0 Å². The molecule has 1 aromatic heterocycles. The van der Waals surface area contributed by atoms with Crippen LogP contribution in [-0.4, -0.2) is 40.0 Å². The third-order valence-electron chi connectivity index (χ3n) is 2.20. The fourth-order valence-corrected chi connectivity index (χ4v) is 1.42. The summed E-state index contributed by atoms with van der Waals surface area (Å²) in [6.45, 7) is 5.06. The van der Waals surface area contributed by atoms with E-state index in [2.05, 4.69) is 11.6 Å². The Hall–Kier alpha value is -2.17. The molecule has 17 heavy (non-hydrogen) atoms. The van der Waals surface area contributed by atoms with Crippen molar-refractivity contribution in [3.63, 3.8) is 0 Å². The van der Waals surface area contributed by atoms with Crippen LogP contribution >= 0.6 is 0 Å². The van der Waals surface area contributed by atoms with E-state index in [0.29, 0.717) is 11.3 Å². The van der Waals surface area contributed by atoms with Gasteiger partial charge < -0.3 is 10.0 Å². The minimum absolute atomic E-state index is 0.194. The predicted molar refractivity (Wildman–Crippen MR) is 62.7 cm³/mol. The van der Waals surface area contributed by atoms with Crippen molar-refractivity contribution in [2.45, 2.75) is 6.92 Å². The molecule has 1 N–H and O–H groups in total. The Kier molecular flexibility index (Phi) is 4.39. The summed E-state index contributed by atoms with van der Waals surface area (Å²) in [5, 5.41) is 8.73. The van der Waals surface area contributed by atoms with Gasteiger partial charge in [-0.2, -0.15) is 0 Å². The van der Waals surface area contributed by atoms with Crippen LogP contribution in [0.25, 0.3) is 0 Å². The maximum atomic E-state index is 12.1. The monoisotopic (exact) mass is 234 g/mol. The minimum atomic E-state index is -1.05. The highest BCUT2D eigenvalue weighted by Crippen LogP contribution is 2.08. The van der Waals surface area contributed by atoms with E-state index in [1.807, 2.05) is 0 Å². The number of hydrogen-bond donors (Lipinski definition) is 1. The zero-order chi connectivity index (χ0) is 12.8. The number of amides is 1. The molecule has 0 atom stereocenters. The molecule has 0 aliphatic rings. The summed E-state index contributed by atoms with van der Waals surface area (Å²) in [5.41, 5.74) is 0.993. The Balaban J connectivity index is 2.95. The fraction of sp³-hybridized carbons (Fsp3) is 0.250. The zero-order valence-corrected chi connectivity index (χ0v) is 9.59. The van der Waals surface area contributed by atoms with Crippen molar-refractivity contribution in [2.75, 3.05) is 13.1 Å². The second-order valence-corrected chi connectivity index (χ2v) is 3.50. The molecule has 1 rings (SSSR count). The van der Waals surface area contributed by atoms with E-state index in [4.69, 9.17) is 5.11 Å². The van der Waals surface area contributed by atoms with Gasteiger partial charge in [-0.25, -0.2) is 0 Å². The highest BCUT2D eigenvalue weighted by atomic mass is 16.4. The van der Waals surface area contributed by atoms with E-state index in [-0.39, 0.29) is 19.0 Å². The molecule has 90 valence electrons. The summed E-state index contributed by atoms with van der Waals surface area (Å²) in [6.07, 6.45) is 3.08. The van der Waals surface area contributed by atoms with Crippen LogP contribution in [-0.2, 0) is 4.79 Å². The van der Waals surface area contributed by atoms with Crippen molar-refractivity contribution in [2.24, 2.45) is 0 Å². The third kappa shape index (κ3) is 3.41. The number of carbonyl (C=O) groups excluding carboxylic acids is 1. The number of carboxylic acid groups (broad SMARTS) is 1. The van der Waals surface area contributed by atoms with Gasteiger partial charge in [0.25, 0.3) is 5.91 Å². The number of rotatable bonds is 5. The molecule has 0 aliphatic heterocycles. The van der Waals surface area contributed by atoms with E-state index in [0.717, 1.165) is 0 Å². The normalized spacial score (nSPS) is 9.71. The van der Waals surface area contributed by atoms with Crippen LogP contribution in [0, 0.1) is 6.92 Å². The molecule has 0 bridgehead atoms. The van der Waals surface area contributed by atoms with Crippen molar-refractivity contribution in [3.05, 3.63) is 42.2 Å². The van der Waals surface area contributed by atoms with Crippen molar-refractivity contribution < 1.29 is 14.7 Å². The maximum absolute atomic E-state index is 12.1. The number of aryl methyl sites for hydroxylation is 1. The first-order valence-corrected chi connectivity index (χ1v) is 5.10. The SMILES string of the molecule is C=CCN(CC(=O)O)C(=O)c1cccnc1C. The quantitative estimate of drug-likeness (QED) is 0.774. The maximum Gasteiger partial charge on any atom is 0.323 e. The molecule has 0 aliphatic carbocycles. The summed E-state index contributed by atoms with van der Waals surface area (Å²) < 4.78 is 0. The lowest BCUT2D eigenvalue weighted by atomic mass is 10.2. The van der Waals surface area contributed by atoms with E-state index in [9.17, 15) is 9.59 Å². The van der Waals surface area contributed by atoms with Gasteiger partial charge in [0.05, 0.1) is 5.56 Å². The lowest BCUT2D eigenvalue weighted by Gasteiger charge is -2.19. The molecule has 1 heterocycles. The van der Waals surface area contributed by atoms with Crippen LogP contribution in [0.1, 0.15) is 16.1 Å². The summed E-state index contributed by atoms with van der Waals surface area (Å²) in [6, 6.07) is 3.27. The third-order valence-corrected chi connectivity index (χ3v) is 2.20. The van der Waals surface area contributed by atoms with Gasteiger partial charge in [-0.1, -0.05) is 6.08 Å². The molecule has 1 aromatic rings. The van der Waals surface area contributed by atoms with Crippen LogP contribution in [0.3, 0.4) is 0 Å². The average Bonchev–Trinajstić information content (AvgIpc) is 2.28. The van der Waals surface area contributed by atoms with Gasteiger partial charge >= 0.3 is 5.97 Å². The summed E-state index contributed by atoms with van der Waals surface area (Å²) in [5.74, 6) is -1.40. The van der Waals surface area contributed by atoms with Crippen LogP contribution in [0.15, 0.2) is 31.0 Å². The molecule has 0 aromatic carbocycles. The van der Waals surface area contributed by atoms with Crippen molar-refractivity contribution in [1.29, 1.82) is 0 Å². The molecular formula is C12H14N2O3. The second kappa shape index (κ2) is 5.79. The molecule has 0 spiro atoms. The Bertz CT molecular complexity index is 443. The lowest BCUT2D eigenvalue weighted by molar-refractivity contribution is -0.137. The number of nitrogens with zero attached hydrogens (tertiary/aromatic N) is 2. The zero-order valence-electron chi connectivity index (χ0n) is 9.59. The highest BCUT2D eigenvalue weighted by molar-refractivity contribution is 5.96. The largest absolute Gasteiger partial charge is 0.480 e. The summed E-state index contributed by atoms with van der Waals surface area (Å²) in [4.78, 5) is 27.9. The number of hydrogen-bond acceptors (Lipinski definition) is 3. The average molecular weight is 234 g/mol. The second-order valence-electron chi connectivity index (χ2n) is 3.50. The van der Waals surface area contributed by atoms with Gasteiger partial charge in [-0.05, 0) is 19.1 Å². The first kappa shape index (κ1) is 12.9. The molecule has 5 nitrogen and oxygen atoms in total. The molecule has 5 heteroatoms. The van der Waals surface area contributed by atoms with E-state index in [1.54, 1.807) is 25.3 Å². The Morgan fingerprint density at radius 3 is 2.82 bits per heavy atom. The van der Waals surface area contributed by atoms with Crippen LogP contribution < -0.4 is 0 Å². The number of pyridine rings is 1. The first-order valence-electron chi connectivity index (χ1n) is 5.10. The van der Waals surface area contributed by atoms with Gasteiger partial charge in [0.2, 0.25) is 0 Å². The Labute approximate surface area is 99.4 Å². The van der Waals surface area contributed by atoms with Gasteiger partial charge in [0.15, 0.2) is 0 Å². The summed E-state index contributed by atoms with van der Waals surface area (Å²) >= 11 is 0. The predicted octanol–water partition coefficient (Wildman–Crippen LogP) is 1.10. The Morgan fingerprint density at radius 2 is 2.29 bits per heavy atom. The van der Waals surface area contributed by atoms with Gasteiger partial charge in [0, 0.05) is 18.4 Å². The number of aliphatic carboxylic acids is 1. The number of carbonyl (C=O) groups is 2. The van der Waals surface area contributed by atoms with Gasteiger partial charge in [-0.15, -0.1) is 6.58 Å². The van der Waals surface area contributed by atoms with E-state index in [1.165, 1.54) is 11.0 Å². The van der Waals surface area contributed by atoms with Crippen molar-refractivity contribution in [1.82, 2.24) is 9.88 Å². The van der Waals surface area contributed by atoms with Crippen LogP contribution in [0.4, 0.5) is 0 Å². The standard InChI is InChI=1S/C12H14N2O3/c1-3-7-14(8-11(15)16)12(17)10-5-4-6-13-9(10)2/h3-6H,1,7-8H2,2H3,(H,15,16). The molecule has 0 fully saturated rings. The summed E-state index contributed by atoms with van der Waals surface area (Å²) in [7, 11) is 0. The fourth-order valence-electron chi connectivity index (χ4n) is 1.42. The molecular weight excluding hydrogens is 220 g/mol. The molecule has 1 amide bonds. The first-order chi connectivity index (χ1) is 8.06. The highest BCUT2D eigenvalue weighted by Gasteiger charge is 2.18. The van der Waals surface area contributed by atoms with Gasteiger partial charge in [-0.3, -0.25) is 14.6 Å². The van der Waals surface area contributed by atoms with Crippen molar-refractivity contribution >= 4 is 11.9 Å². The number of carboxylic acids is 1. The Morgan fingerprint density at radius 1 is 1.59 bits per heavy atom. The smallest absolute Gasteiger partial charge is 0.323 e. The van der Waals surface area contributed by atoms with Crippen molar-refractivity contribution in [3.8, 4) is 0 Å². The molecule has 0 saturated heterocycles. The minimum Gasteiger partial charge on any atom is -0.480 e. The number of aromatic nitrogens is 1. The molecule has 0 radical (unpaired) electrons. The topological polar surface area (TPSA) is 70.5 Å². The lowest BCUT2D eigenvalue weighted by Crippen LogP contribution is -2.36. The molecule has 0 saturated carbocycles. The van der Waals surface area contributed by atoms with E-state index < -0.39 is 5.97 Å². The molecule has 0 unspecified atom stereocenters.